The van der Waals surface area contributed by atoms with Crippen LogP contribution in [0, 0.1) is 6.92 Å². The number of methoxy groups -OCH3 is 1. The molecule has 0 fully saturated rings. The number of ether oxygens (including phenoxy) is 2. The number of fused-ring (bicyclic) bond motifs is 1. The van der Waals surface area contributed by atoms with Crippen molar-refractivity contribution in [2.75, 3.05) is 7.11 Å². The number of hydrogen-bond acceptors (Lipinski definition) is 3. The number of carbonyl (C=O) groups excluding carboxylic acids is 1. The molecule has 0 saturated carbocycles. The molecular weight excluding hydrogens is 420 g/mol. The summed E-state index contributed by atoms with van der Waals surface area (Å²) in [6, 6.07) is 25.1. The molecule has 4 rings (SSSR count). The monoisotopic (exact) mass is 442 g/mol. The number of allylic oxidation sites excluding steroid dienone is 1. The molecular formula is C28H23ClO3. The van der Waals surface area contributed by atoms with Gasteiger partial charge in [0, 0.05) is 16.1 Å². The number of rotatable bonds is 7. The Kier molecular flexibility index (Phi) is 6.58. The summed E-state index contributed by atoms with van der Waals surface area (Å²) in [6.45, 7) is 2.28. The molecule has 160 valence electrons. The zero-order valence-corrected chi connectivity index (χ0v) is 18.7. The van der Waals surface area contributed by atoms with Crippen LogP contribution in [-0.2, 0) is 6.61 Å². The van der Waals surface area contributed by atoms with E-state index in [9.17, 15) is 4.79 Å². The van der Waals surface area contributed by atoms with E-state index in [2.05, 4.69) is 0 Å². The fourth-order valence-electron chi connectivity index (χ4n) is 3.49. The Morgan fingerprint density at radius 1 is 0.938 bits per heavy atom. The van der Waals surface area contributed by atoms with Crippen molar-refractivity contribution >= 4 is 34.2 Å². The van der Waals surface area contributed by atoms with Gasteiger partial charge in [-0.05, 0) is 71.3 Å². The van der Waals surface area contributed by atoms with Gasteiger partial charge in [-0.25, -0.2) is 0 Å². The van der Waals surface area contributed by atoms with E-state index in [0.29, 0.717) is 17.2 Å². The van der Waals surface area contributed by atoms with Crippen LogP contribution in [0.3, 0.4) is 0 Å². The van der Waals surface area contributed by atoms with Gasteiger partial charge in [0.05, 0.1) is 7.11 Å². The molecule has 0 spiro atoms. The third kappa shape index (κ3) is 5.01. The minimum Gasteiger partial charge on any atom is -0.496 e. The Hall–Kier alpha value is -3.56. The van der Waals surface area contributed by atoms with Gasteiger partial charge in [-0.2, -0.15) is 0 Å². The summed E-state index contributed by atoms with van der Waals surface area (Å²) >= 11 is 6.09. The van der Waals surface area contributed by atoms with Gasteiger partial charge in [-0.3, -0.25) is 4.79 Å². The molecule has 0 aliphatic carbocycles. The molecule has 0 heterocycles. The quantitative estimate of drug-likeness (QED) is 0.223. The highest BCUT2D eigenvalue weighted by Crippen LogP contribution is 2.25. The topological polar surface area (TPSA) is 35.5 Å². The molecule has 0 unspecified atom stereocenters. The molecule has 0 atom stereocenters. The average molecular weight is 443 g/mol. The van der Waals surface area contributed by atoms with Gasteiger partial charge in [-0.1, -0.05) is 60.1 Å². The van der Waals surface area contributed by atoms with Crippen molar-refractivity contribution in [2.45, 2.75) is 13.5 Å². The van der Waals surface area contributed by atoms with E-state index >= 15 is 0 Å². The van der Waals surface area contributed by atoms with Crippen molar-refractivity contribution in [1.29, 1.82) is 0 Å². The van der Waals surface area contributed by atoms with Crippen LogP contribution in [0.25, 0.3) is 16.8 Å². The van der Waals surface area contributed by atoms with Crippen molar-refractivity contribution < 1.29 is 14.3 Å². The Labute approximate surface area is 192 Å². The summed E-state index contributed by atoms with van der Waals surface area (Å²) in [4.78, 5) is 12.7. The first kappa shape index (κ1) is 21.7. The van der Waals surface area contributed by atoms with Crippen LogP contribution in [0.2, 0.25) is 5.02 Å². The van der Waals surface area contributed by atoms with Crippen LogP contribution >= 0.6 is 11.6 Å². The summed E-state index contributed by atoms with van der Waals surface area (Å²) < 4.78 is 11.4. The first-order valence-electron chi connectivity index (χ1n) is 10.3. The molecule has 0 bridgehead atoms. The SMILES string of the molecule is COc1ccc(/C=C/C(=O)c2ccc3ccccc3c2)cc1COc1ccc(Cl)c(C)c1. The molecule has 0 radical (unpaired) electrons. The molecule has 0 aliphatic heterocycles. The molecule has 0 N–H and O–H groups in total. The maximum Gasteiger partial charge on any atom is 0.185 e. The lowest BCUT2D eigenvalue weighted by atomic mass is 10.0. The fraction of sp³-hybridized carbons (Fsp3) is 0.107. The highest BCUT2D eigenvalue weighted by Gasteiger charge is 2.07. The minimum absolute atomic E-state index is 0.0407. The zero-order valence-electron chi connectivity index (χ0n) is 18.0. The lowest BCUT2D eigenvalue weighted by molar-refractivity contribution is 0.104. The fourth-order valence-corrected chi connectivity index (χ4v) is 3.61. The number of aryl methyl sites for hydroxylation is 1. The Morgan fingerprint density at radius 3 is 2.53 bits per heavy atom. The van der Waals surface area contributed by atoms with Crippen LogP contribution < -0.4 is 9.47 Å². The summed E-state index contributed by atoms with van der Waals surface area (Å²) in [5.74, 6) is 1.43. The molecule has 4 heteroatoms. The number of ketones is 1. The standard InChI is InChI=1S/C28H23ClO3/c1-19-15-25(11-12-26(19)29)32-18-24-16-20(8-14-28(24)31-2)7-13-27(30)23-10-9-21-5-3-4-6-22(21)17-23/h3-17H,18H2,1-2H3/b13-7+. The van der Waals surface area contributed by atoms with Crippen molar-refractivity contribution in [2.24, 2.45) is 0 Å². The third-order valence-electron chi connectivity index (χ3n) is 5.29. The van der Waals surface area contributed by atoms with Crippen molar-refractivity contribution in [3.63, 3.8) is 0 Å². The summed E-state index contributed by atoms with van der Waals surface area (Å²) in [7, 11) is 1.63. The predicted molar refractivity (Wildman–Crippen MR) is 131 cm³/mol. The van der Waals surface area contributed by atoms with Crippen LogP contribution in [-0.4, -0.2) is 12.9 Å². The van der Waals surface area contributed by atoms with E-state index in [-0.39, 0.29) is 5.78 Å². The largest absolute Gasteiger partial charge is 0.496 e. The predicted octanol–water partition coefficient (Wildman–Crippen LogP) is 7.29. The second kappa shape index (κ2) is 9.71. The van der Waals surface area contributed by atoms with Crippen molar-refractivity contribution in [3.8, 4) is 11.5 Å². The Balaban J connectivity index is 1.50. The van der Waals surface area contributed by atoms with Gasteiger partial charge in [0.1, 0.15) is 18.1 Å². The summed E-state index contributed by atoms with van der Waals surface area (Å²) in [6.07, 6.45) is 3.41. The highest BCUT2D eigenvalue weighted by molar-refractivity contribution is 6.31. The lowest BCUT2D eigenvalue weighted by Crippen LogP contribution is -2.00. The van der Waals surface area contributed by atoms with Crippen molar-refractivity contribution in [1.82, 2.24) is 0 Å². The normalized spacial score (nSPS) is 11.1. The van der Waals surface area contributed by atoms with Gasteiger partial charge in [0.25, 0.3) is 0 Å². The molecule has 4 aromatic carbocycles. The van der Waals surface area contributed by atoms with E-state index in [1.54, 1.807) is 13.2 Å². The van der Waals surface area contributed by atoms with Gasteiger partial charge in [0.15, 0.2) is 5.78 Å². The minimum atomic E-state index is -0.0407. The van der Waals surface area contributed by atoms with E-state index < -0.39 is 0 Å². The van der Waals surface area contributed by atoms with Crippen LogP contribution in [0.1, 0.15) is 27.0 Å². The smallest absolute Gasteiger partial charge is 0.185 e. The Bertz CT molecular complexity index is 1310. The molecule has 0 aliphatic rings. The zero-order chi connectivity index (χ0) is 22.5. The molecule has 0 saturated heterocycles. The van der Waals surface area contributed by atoms with Crippen LogP contribution in [0.15, 0.2) is 84.9 Å². The molecule has 32 heavy (non-hydrogen) atoms. The molecule has 0 amide bonds. The van der Waals surface area contributed by atoms with Crippen LogP contribution in [0.5, 0.6) is 11.5 Å². The molecule has 0 aromatic heterocycles. The second-order valence-corrected chi connectivity index (χ2v) is 7.94. The van der Waals surface area contributed by atoms with E-state index in [1.807, 2.05) is 91.9 Å². The number of halogens is 1. The number of hydrogen-bond donors (Lipinski definition) is 0. The lowest BCUT2D eigenvalue weighted by Gasteiger charge is -2.12. The van der Waals surface area contributed by atoms with E-state index in [4.69, 9.17) is 21.1 Å². The summed E-state index contributed by atoms with van der Waals surface area (Å²) in [5, 5.41) is 2.87. The van der Waals surface area contributed by atoms with Gasteiger partial charge in [-0.15, -0.1) is 0 Å². The van der Waals surface area contributed by atoms with Gasteiger partial charge >= 0.3 is 0 Å². The highest BCUT2D eigenvalue weighted by atomic mass is 35.5. The van der Waals surface area contributed by atoms with Gasteiger partial charge in [0.2, 0.25) is 0 Å². The van der Waals surface area contributed by atoms with Gasteiger partial charge < -0.3 is 9.47 Å². The molecule has 4 aromatic rings. The first-order valence-corrected chi connectivity index (χ1v) is 10.7. The van der Waals surface area contributed by atoms with Crippen molar-refractivity contribution in [3.05, 3.63) is 112 Å². The maximum absolute atomic E-state index is 12.7. The second-order valence-electron chi connectivity index (χ2n) is 7.53. The third-order valence-corrected chi connectivity index (χ3v) is 5.71. The van der Waals surface area contributed by atoms with Crippen LogP contribution in [0.4, 0.5) is 0 Å². The van der Waals surface area contributed by atoms with E-state index in [0.717, 1.165) is 39.0 Å². The van der Waals surface area contributed by atoms with E-state index in [1.165, 1.54) is 0 Å². The average Bonchev–Trinajstić information content (AvgIpc) is 2.83. The number of benzene rings is 4. The molecule has 3 nitrogen and oxygen atoms in total. The Morgan fingerprint density at radius 2 is 1.75 bits per heavy atom. The summed E-state index contributed by atoms with van der Waals surface area (Å²) in [5.41, 5.74) is 3.40. The number of carbonyl (C=O) groups is 1. The maximum atomic E-state index is 12.7. The first-order chi connectivity index (χ1) is 15.5.